The molecule has 3 nitrogen and oxygen atoms in total. The van der Waals surface area contributed by atoms with Crippen molar-refractivity contribution in [3.05, 3.63) is 59.9 Å². The molecular weight excluding hydrogens is 212 g/mol. The Morgan fingerprint density at radius 3 is 2.88 bits per heavy atom. The molecule has 86 valence electrons. The summed E-state index contributed by atoms with van der Waals surface area (Å²) in [4.78, 5) is 4.01. The first kappa shape index (κ1) is 10.3. The van der Waals surface area contributed by atoms with Gasteiger partial charge in [0, 0.05) is 24.5 Å². The maximum atomic E-state index is 5.62. The van der Waals surface area contributed by atoms with E-state index in [1.165, 1.54) is 11.1 Å². The number of nitrogens with one attached hydrogen (secondary N) is 1. The highest BCUT2D eigenvalue weighted by molar-refractivity contribution is 5.39. The lowest BCUT2D eigenvalue weighted by molar-refractivity contribution is 0.310. The van der Waals surface area contributed by atoms with Crippen LogP contribution in [0.2, 0.25) is 0 Å². The van der Waals surface area contributed by atoms with Gasteiger partial charge in [-0.25, -0.2) is 0 Å². The van der Waals surface area contributed by atoms with Crippen LogP contribution in [0.1, 0.15) is 17.2 Å². The summed E-state index contributed by atoms with van der Waals surface area (Å²) in [5, 5.41) is 3.50. The smallest absolute Gasteiger partial charge is 0.124 e. The fraction of sp³-hybridized carbons (Fsp3) is 0.214. The Bertz CT molecular complexity index is 499. The molecule has 2 heterocycles. The zero-order valence-corrected chi connectivity index (χ0v) is 9.47. The van der Waals surface area contributed by atoms with Crippen LogP contribution < -0.4 is 10.1 Å². The molecule has 0 saturated heterocycles. The molecule has 1 aromatic carbocycles. The highest BCUT2D eigenvalue weighted by Crippen LogP contribution is 2.31. The Hall–Kier alpha value is -1.87. The standard InChI is InChI=1S/C14H14N2O/c1-2-4-14-12(3-1)13(10-17-14)16-9-11-5-7-15-8-6-11/h1-8,13,16H,9-10H2. The van der Waals surface area contributed by atoms with Gasteiger partial charge in [0.1, 0.15) is 12.4 Å². The number of ether oxygens (including phenoxy) is 1. The quantitative estimate of drug-likeness (QED) is 0.872. The van der Waals surface area contributed by atoms with Crippen molar-refractivity contribution in [2.45, 2.75) is 12.6 Å². The topological polar surface area (TPSA) is 34.1 Å². The van der Waals surface area contributed by atoms with E-state index in [0.29, 0.717) is 12.6 Å². The highest BCUT2D eigenvalue weighted by Gasteiger charge is 2.22. The number of fused-ring (bicyclic) bond motifs is 1. The Labute approximate surface area is 100 Å². The summed E-state index contributed by atoms with van der Waals surface area (Å²) in [6, 6.07) is 12.5. The lowest BCUT2D eigenvalue weighted by atomic mass is 10.1. The van der Waals surface area contributed by atoms with E-state index in [1.54, 1.807) is 0 Å². The maximum Gasteiger partial charge on any atom is 0.124 e. The minimum absolute atomic E-state index is 0.291. The van der Waals surface area contributed by atoms with Crippen LogP contribution in [0.4, 0.5) is 0 Å². The van der Waals surface area contributed by atoms with E-state index in [1.807, 2.05) is 36.7 Å². The van der Waals surface area contributed by atoms with Gasteiger partial charge in [-0.15, -0.1) is 0 Å². The number of hydrogen-bond acceptors (Lipinski definition) is 3. The summed E-state index contributed by atoms with van der Waals surface area (Å²) in [5.41, 5.74) is 2.49. The van der Waals surface area contributed by atoms with E-state index in [9.17, 15) is 0 Å². The van der Waals surface area contributed by atoms with Crippen molar-refractivity contribution in [1.29, 1.82) is 0 Å². The summed E-state index contributed by atoms with van der Waals surface area (Å²) in [6.07, 6.45) is 3.63. The number of benzene rings is 1. The summed E-state index contributed by atoms with van der Waals surface area (Å²) >= 11 is 0. The third-order valence-electron chi connectivity index (χ3n) is 3.00. The van der Waals surface area contributed by atoms with E-state index in [0.717, 1.165) is 12.3 Å². The molecule has 2 aromatic rings. The molecule has 1 unspecified atom stereocenters. The zero-order chi connectivity index (χ0) is 11.5. The third kappa shape index (κ3) is 2.15. The molecule has 0 amide bonds. The summed E-state index contributed by atoms with van der Waals surface area (Å²) in [6.45, 7) is 1.55. The number of hydrogen-bond donors (Lipinski definition) is 1. The molecule has 0 bridgehead atoms. The second-order valence-corrected chi connectivity index (χ2v) is 4.14. The summed E-state index contributed by atoms with van der Waals surface area (Å²) in [7, 11) is 0. The first-order valence-corrected chi connectivity index (χ1v) is 5.77. The van der Waals surface area contributed by atoms with Gasteiger partial charge < -0.3 is 10.1 Å². The molecule has 0 saturated carbocycles. The Kier molecular flexibility index (Phi) is 2.76. The Morgan fingerprint density at radius 2 is 2.00 bits per heavy atom. The molecule has 17 heavy (non-hydrogen) atoms. The van der Waals surface area contributed by atoms with Gasteiger partial charge in [0.25, 0.3) is 0 Å². The second kappa shape index (κ2) is 4.55. The lowest BCUT2D eigenvalue weighted by Crippen LogP contribution is -2.21. The van der Waals surface area contributed by atoms with Gasteiger partial charge in [0.15, 0.2) is 0 Å². The molecule has 3 heteroatoms. The zero-order valence-electron chi connectivity index (χ0n) is 9.47. The minimum Gasteiger partial charge on any atom is -0.491 e. The molecule has 1 atom stereocenters. The number of pyridine rings is 1. The van der Waals surface area contributed by atoms with E-state index in [4.69, 9.17) is 4.74 Å². The van der Waals surface area contributed by atoms with Gasteiger partial charge in [0.05, 0.1) is 6.04 Å². The van der Waals surface area contributed by atoms with Gasteiger partial charge in [-0.1, -0.05) is 18.2 Å². The molecule has 1 aliphatic heterocycles. The molecule has 1 aliphatic rings. The van der Waals surface area contributed by atoms with Crippen LogP contribution in [0.3, 0.4) is 0 Å². The van der Waals surface area contributed by atoms with Crippen molar-refractivity contribution in [3.8, 4) is 5.75 Å². The van der Waals surface area contributed by atoms with Crippen molar-refractivity contribution in [3.63, 3.8) is 0 Å². The normalized spacial score (nSPS) is 17.5. The van der Waals surface area contributed by atoms with E-state index >= 15 is 0 Å². The molecule has 3 rings (SSSR count). The highest BCUT2D eigenvalue weighted by atomic mass is 16.5. The predicted molar refractivity (Wildman–Crippen MR) is 65.8 cm³/mol. The largest absolute Gasteiger partial charge is 0.491 e. The van der Waals surface area contributed by atoms with Gasteiger partial charge >= 0.3 is 0 Å². The van der Waals surface area contributed by atoms with Crippen LogP contribution in [-0.2, 0) is 6.54 Å². The Morgan fingerprint density at radius 1 is 1.18 bits per heavy atom. The first-order valence-electron chi connectivity index (χ1n) is 5.77. The van der Waals surface area contributed by atoms with Gasteiger partial charge in [0.2, 0.25) is 0 Å². The van der Waals surface area contributed by atoms with Crippen molar-refractivity contribution in [2.75, 3.05) is 6.61 Å². The van der Waals surface area contributed by atoms with E-state index in [-0.39, 0.29) is 0 Å². The number of aromatic nitrogens is 1. The molecule has 0 radical (unpaired) electrons. The van der Waals surface area contributed by atoms with E-state index in [2.05, 4.69) is 22.4 Å². The second-order valence-electron chi connectivity index (χ2n) is 4.14. The SMILES string of the molecule is c1ccc2c(c1)OCC2NCc1ccncc1. The van der Waals surface area contributed by atoms with Crippen molar-refractivity contribution in [2.24, 2.45) is 0 Å². The maximum absolute atomic E-state index is 5.62. The van der Waals surface area contributed by atoms with Crippen molar-refractivity contribution >= 4 is 0 Å². The summed E-state index contributed by atoms with van der Waals surface area (Å²) < 4.78 is 5.62. The van der Waals surface area contributed by atoms with Crippen molar-refractivity contribution < 1.29 is 4.74 Å². The molecule has 0 aliphatic carbocycles. The van der Waals surface area contributed by atoms with Crippen LogP contribution in [0.25, 0.3) is 0 Å². The van der Waals surface area contributed by atoms with Gasteiger partial charge in [-0.3, -0.25) is 4.98 Å². The van der Waals surface area contributed by atoms with Gasteiger partial charge in [-0.2, -0.15) is 0 Å². The van der Waals surface area contributed by atoms with Crippen LogP contribution in [0.15, 0.2) is 48.8 Å². The third-order valence-corrected chi connectivity index (χ3v) is 3.00. The average molecular weight is 226 g/mol. The lowest BCUT2D eigenvalue weighted by Gasteiger charge is -2.11. The number of para-hydroxylation sites is 1. The summed E-state index contributed by atoms with van der Waals surface area (Å²) in [5.74, 6) is 1.000. The fourth-order valence-corrected chi connectivity index (χ4v) is 2.07. The van der Waals surface area contributed by atoms with E-state index < -0.39 is 0 Å². The molecule has 0 fully saturated rings. The molecule has 1 aromatic heterocycles. The predicted octanol–water partition coefficient (Wildman–Crippen LogP) is 2.30. The molecule has 0 spiro atoms. The molecular formula is C14H14N2O. The Balaban J connectivity index is 1.68. The average Bonchev–Trinajstić information content (AvgIpc) is 2.81. The minimum atomic E-state index is 0.291. The monoisotopic (exact) mass is 226 g/mol. The van der Waals surface area contributed by atoms with Crippen LogP contribution in [0, 0.1) is 0 Å². The van der Waals surface area contributed by atoms with Gasteiger partial charge in [-0.05, 0) is 23.8 Å². The number of nitrogens with zero attached hydrogens (tertiary/aromatic N) is 1. The number of rotatable bonds is 3. The van der Waals surface area contributed by atoms with Crippen LogP contribution in [0.5, 0.6) is 5.75 Å². The fourth-order valence-electron chi connectivity index (χ4n) is 2.07. The van der Waals surface area contributed by atoms with Crippen molar-refractivity contribution in [1.82, 2.24) is 10.3 Å². The van der Waals surface area contributed by atoms with Crippen LogP contribution >= 0.6 is 0 Å². The first-order chi connectivity index (χ1) is 8.43. The van der Waals surface area contributed by atoms with Crippen LogP contribution in [-0.4, -0.2) is 11.6 Å². The molecule has 1 N–H and O–H groups in total.